The van der Waals surface area contributed by atoms with Gasteiger partial charge in [-0.25, -0.2) is 0 Å². The molecule has 0 bridgehead atoms. The van der Waals surface area contributed by atoms with E-state index < -0.39 is 68.3 Å². The number of aryl methyl sites for hydroxylation is 2. The predicted octanol–water partition coefficient (Wildman–Crippen LogP) is 8.16. The Morgan fingerprint density at radius 3 is 1.31 bits per heavy atom. The van der Waals surface area contributed by atoms with Crippen molar-refractivity contribution in [3.63, 3.8) is 0 Å². The molecule has 0 spiro atoms. The Morgan fingerprint density at radius 1 is 0.612 bits per heavy atom. The standard InChI is InChI=1S/2C13H12F2NO2S.2C5H5.Ti/c2*1-10-4-6-12(7-5-10)19(17,18)16-13(15)8-2-3-11(14)9-13;2*1-2-4-5-3-1;/h2*2-9,16H,1H3;2*1-3H,4H2;. The molecular formula is C36H34F4N2O4S2Ti. The van der Waals surface area contributed by atoms with E-state index in [1.807, 2.05) is 0 Å². The van der Waals surface area contributed by atoms with E-state index in [-0.39, 0.29) is 22.6 Å². The van der Waals surface area contributed by atoms with Gasteiger partial charge in [0.25, 0.3) is 0 Å². The van der Waals surface area contributed by atoms with Crippen LogP contribution in [0, 0.1) is 13.8 Å². The summed E-state index contributed by atoms with van der Waals surface area (Å²) in [6.07, 6.45) is 15.6. The van der Waals surface area contributed by atoms with Gasteiger partial charge in [-0.3, -0.25) is 0 Å². The van der Waals surface area contributed by atoms with Gasteiger partial charge in [0.05, 0.1) is 0 Å². The van der Waals surface area contributed by atoms with Crippen LogP contribution in [0.5, 0.6) is 0 Å². The molecule has 4 atom stereocenters. The molecule has 6 rings (SSSR count). The van der Waals surface area contributed by atoms with Gasteiger partial charge in [-0.2, -0.15) is 0 Å². The second-order valence-electron chi connectivity index (χ2n) is 12.6. The molecule has 0 aromatic heterocycles. The van der Waals surface area contributed by atoms with E-state index >= 15 is 17.6 Å². The normalized spacial score (nSPS) is 26.8. The predicted molar refractivity (Wildman–Crippen MR) is 179 cm³/mol. The van der Waals surface area contributed by atoms with Gasteiger partial charge in [0.2, 0.25) is 0 Å². The van der Waals surface area contributed by atoms with Crippen molar-refractivity contribution in [2.45, 2.75) is 56.5 Å². The van der Waals surface area contributed by atoms with Crippen LogP contribution in [0.15, 0.2) is 151 Å². The molecule has 0 radical (unpaired) electrons. The summed E-state index contributed by atoms with van der Waals surface area (Å²) in [5.74, 6) is -8.70. The Kier molecular flexibility index (Phi) is 9.45. The van der Waals surface area contributed by atoms with Gasteiger partial charge in [0.1, 0.15) is 0 Å². The van der Waals surface area contributed by atoms with Crippen LogP contribution in [0.2, 0.25) is 8.45 Å². The minimum atomic E-state index is -5.57. The van der Waals surface area contributed by atoms with Crippen molar-refractivity contribution in [1.29, 1.82) is 0 Å². The number of hydrogen-bond acceptors (Lipinski definition) is 4. The van der Waals surface area contributed by atoms with Gasteiger partial charge in [-0.15, -0.1) is 0 Å². The number of allylic oxidation sites excluding steroid dienone is 12. The second-order valence-corrected chi connectivity index (χ2v) is 22.5. The molecule has 4 aliphatic carbocycles. The number of halogens is 4. The summed E-state index contributed by atoms with van der Waals surface area (Å²) in [6, 6.07) is 11.2. The van der Waals surface area contributed by atoms with Crippen LogP contribution in [0.3, 0.4) is 0 Å². The first-order valence-electron chi connectivity index (χ1n) is 15.5. The van der Waals surface area contributed by atoms with Crippen LogP contribution >= 0.6 is 0 Å². The summed E-state index contributed by atoms with van der Waals surface area (Å²) in [7, 11) is -9.36. The third kappa shape index (κ3) is 6.39. The number of hydrogen-bond donors (Lipinski definition) is 2. The van der Waals surface area contributed by atoms with Gasteiger partial charge in [-0.1, -0.05) is 0 Å². The summed E-state index contributed by atoms with van der Waals surface area (Å²) in [5, 5.41) is 0. The van der Waals surface area contributed by atoms with E-state index in [9.17, 15) is 16.8 Å². The number of benzene rings is 2. The Morgan fingerprint density at radius 2 is 0.980 bits per heavy atom. The van der Waals surface area contributed by atoms with Gasteiger partial charge in [-0.05, 0) is 0 Å². The molecule has 0 saturated heterocycles. The van der Waals surface area contributed by atoms with Gasteiger partial charge in [0.15, 0.2) is 0 Å². The third-order valence-electron chi connectivity index (χ3n) is 9.34. The van der Waals surface area contributed by atoms with Crippen LogP contribution in [-0.4, -0.2) is 28.4 Å². The van der Waals surface area contributed by atoms with Gasteiger partial charge in [0, 0.05) is 0 Å². The number of nitrogens with one attached hydrogen (secondary N) is 2. The van der Waals surface area contributed by atoms with Crippen molar-refractivity contribution in [2.75, 3.05) is 0 Å². The van der Waals surface area contributed by atoms with E-state index in [2.05, 4.69) is 9.44 Å². The molecule has 256 valence electrons. The molecule has 2 aromatic carbocycles. The van der Waals surface area contributed by atoms with Gasteiger partial charge >= 0.3 is 289 Å². The molecule has 6 nitrogen and oxygen atoms in total. The first kappa shape index (κ1) is 35.4. The van der Waals surface area contributed by atoms with Crippen LogP contribution < -0.4 is 9.44 Å². The summed E-state index contributed by atoms with van der Waals surface area (Å²) in [4.78, 5) is -0.590. The molecule has 0 fully saturated rings. The average molecular weight is 747 g/mol. The molecule has 0 saturated carbocycles. The Labute approximate surface area is 287 Å². The summed E-state index contributed by atoms with van der Waals surface area (Å²) in [6.45, 7) is 3.48. The van der Waals surface area contributed by atoms with Crippen LogP contribution in [-0.2, 0) is 36.6 Å². The second kappa shape index (κ2) is 13.1. The van der Waals surface area contributed by atoms with E-state index in [0.29, 0.717) is 7.76 Å². The SMILES string of the molecule is Cc1ccc(S(=O)(=O)NC2(F)C=CC=C(F)[CH]2[Ti]([C]2=CC=CC2)([C]2=CC=CC2)[CH]2C(F)=CC=CC2(F)NS(=O)(=O)c2ccc(C)cc2)cc1. The van der Waals surface area contributed by atoms with Crippen molar-refractivity contribution in [3.8, 4) is 0 Å². The maximum atomic E-state index is 18.0. The zero-order chi connectivity index (χ0) is 35.2. The van der Waals surface area contributed by atoms with E-state index in [1.54, 1.807) is 50.3 Å². The van der Waals surface area contributed by atoms with Crippen LogP contribution in [0.25, 0.3) is 0 Å². The molecular weight excluding hydrogens is 712 g/mol. The van der Waals surface area contributed by atoms with E-state index in [1.165, 1.54) is 48.5 Å². The van der Waals surface area contributed by atoms with Crippen molar-refractivity contribution in [1.82, 2.24) is 9.44 Å². The molecule has 49 heavy (non-hydrogen) atoms. The molecule has 0 aliphatic heterocycles. The van der Waals surface area contributed by atoms with E-state index in [0.717, 1.165) is 47.6 Å². The molecule has 2 aromatic rings. The van der Waals surface area contributed by atoms with Crippen molar-refractivity contribution < 1.29 is 51.0 Å². The Balaban J connectivity index is 1.59. The number of sulfonamides is 2. The monoisotopic (exact) mass is 746 g/mol. The average Bonchev–Trinajstić information content (AvgIpc) is 3.76. The summed E-state index contributed by atoms with van der Waals surface area (Å²) < 4.78 is 125. The van der Waals surface area contributed by atoms with E-state index in [4.69, 9.17) is 0 Å². The Hall–Kier alpha value is -3.39. The fourth-order valence-electron chi connectivity index (χ4n) is 7.22. The minimum absolute atomic E-state index is 0.0694. The Bertz CT molecular complexity index is 1980. The van der Waals surface area contributed by atoms with Gasteiger partial charge < -0.3 is 0 Å². The quantitative estimate of drug-likeness (QED) is 0.146. The fraction of sp³-hybridized carbons (Fsp3) is 0.222. The number of rotatable bonds is 10. The third-order valence-corrected chi connectivity index (χ3v) is 21.8. The van der Waals surface area contributed by atoms with Crippen LogP contribution in [0.4, 0.5) is 17.6 Å². The summed E-state index contributed by atoms with van der Waals surface area (Å²) >= 11 is -5.57. The fourth-order valence-corrected chi connectivity index (χ4v) is 20.3. The molecule has 0 amide bonds. The number of alkyl halides is 2. The summed E-state index contributed by atoms with van der Waals surface area (Å²) in [5.41, 5.74) is 1.49. The zero-order valence-corrected chi connectivity index (χ0v) is 29.8. The van der Waals surface area contributed by atoms with Crippen molar-refractivity contribution >= 4 is 20.0 Å². The molecule has 0 heterocycles. The van der Waals surface area contributed by atoms with Crippen LogP contribution in [0.1, 0.15) is 24.0 Å². The molecule has 4 aliphatic rings. The molecule has 4 unspecified atom stereocenters. The van der Waals surface area contributed by atoms with Crippen molar-refractivity contribution in [2.24, 2.45) is 0 Å². The first-order chi connectivity index (χ1) is 23.1. The topological polar surface area (TPSA) is 92.3 Å². The molecule has 13 heteroatoms. The molecule has 2 N–H and O–H groups in total. The maximum absolute atomic E-state index is 18.0. The first-order valence-corrected chi connectivity index (χ1v) is 21.9. The van der Waals surface area contributed by atoms with Crippen molar-refractivity contribution in [3.05, 3.63) is 152 Å². The zero-order valence-electron chi connectivity index (χ0n) is 26.6.